The Morgan fingerprint density at radius 3 is 2.55 bits per heavy atom. The lowest BCUT2D eigenvalue weighted by atomic mass is 10.0. The molecular formula is C26H21N3O4. The molecule has 0 fully saturated rings. The molecule has 0 atom stereocenters. The van der Waals surface area contributed by atoms with E-state index >= 15 is 0 Å². The minimum absolute atomic E-state index is 0.0553. The molecule has 5 aromatic rings. The van der Waals surface area contributed by atoms with E-state index in [9.17, 15) is 14.9 Å². The third kappa shape index (κ3) is 3.34. The molecule has 0 radical (unpaired) electrons. The first-order chi connectivity index (χ1) is 16.0. The average Bonchev–Trinajstić information content (AvgIpc) is 3.21. The number of nitro groups is 1. The Morgan fingerprint density at radius 1 is 1.03 bits per heavy atom. The normalized spacial score (nSPS) is 11.2. The first-order valence-corrected chi connectivity index (χ1v) is 10.6. The highest BCUT2D eigenvalue weighted by Crippen LogP contribution is 2.42. The lowest BCUT2D eigenvalue weighted by Gasteiger charge is -2.10. The maximum absolute atomic E-state index is 13.7. The molecule has 0 unspecified atom stereocenters. The van der Waals surface area contributed by atoms with Crippen LogP contribution in [0.5, 0.6) is 0 Å². The summed E-state index contributed by atoms with van der Waals surface area (Å²) in [6.45, 7) is 4.37. The molecule has 2 heterocycles. The molecule has 164 valence electrons. The van der Waals surface area contributed by atoms with E-state index in [-0.39, 0.29) is 11.2 Å². The smallest absolute Gasteiger partial charge is 0.270 e. The van der Waals surface area contributed by atoms with Crippen LogP contribution in [0.4, 0.5) is 17.3 Å². The molecule has 2 aromatic heterocycles. The number of non-ortho nitro benzene ring substituents is 1. The molecule has 5 rings (SSSR count). The number of aryl methyl sites for hydroxylation is 2. The van der Waals surface area contributed by atoms with Crippen LogP contribution in [0.2, 0.25) is 0 Å². The van der Waals surface area contributed by atoms with E-state index in [0.717, 1.165) is 22.2 Å². The van der Waals surface area contributed by atoms with Crippen LogP contribution < -0.4 is 10.9 Å². The van der Waals surface area contributed by atoms with Gasteiger partial charge in [0.05, 0.1) is 21.4 Å². The van der Waals surface area contributed by atoms with Gasteiger partial charge in [0, 0.05) is 29.8 Å². The third-order valence-corrected chi connectivity index (χ3v) is 5.86. The summed E-state index contributed by atoms with van der Waals surface area (Å²) in [5.41, 5.74) is 3.85. The first-order valence-electron chi connectivity index (χ1n) is 10.6. The molecule has 7 nitrogen and oxygen atoms in total. The fourth-order valence-electron chi connectivity index (χ4n) is 4.26. The lowest BCUT2D eigenvalue weighted by molar-refractivity contribution is -0.384. The van der Waals surface area contributed by atoms with Crippen molar-refractivity contribution in [3.8, 4) is 11.1 Å². The monoisotopic (exact) mass is 439 g/mol. The average molecular weight is 439 g/mol. The molecule has 3 aromatic carbocycles. The Hall–Kier alpha value is -4.39. The highest BCUT2D eigenvalue weighted by Gasteiger charge is 2.24. The molecule has 0 saturated heterocycles. The van der Waals surface area contributed by atoms with Gasteiger partial charge in [-0.1, -0.05) is 42.5 Å². The van der Waals surface area contributed by atoms with Crippen molar-refractivity contribution in [1.82, 2.24) is 4.57 Å². The maximum atomic E-state index is 13.7. The number of pyridine rings is 1. The van der Waals surface area contributed by atoms with Crippen molar-refractivity contribution in [2.75, 3.05) is 5.32 Å². The van der Waals surface area contributed by atoms with Crippen LogP contribution in [0, 0.1) is 17.0 Å². The second-order valence-electron chi connectivity index (χ2n) is 7.82. The van der Waals surface area contributed by atoms with Crippen molar-refractivity contribution in [2.45, 2.75) is 20.4 Å². The molecule has 0 saturated carbocycles. The number of nitro benzene ring substituents is 1. The topological polar surface area (TPSA) is 90.3 Å². The van der Waals surface area contributed by atoms with Gasteiger partial charge in [-0.25, -0.2) is 0 Å². The van der Waals surface area contributed by atoms with Crippen molar-refractivity contribution >= 4 is 39.1 Å². The van der Waals surface area contributed by atoms with E-state index in [1.54, 1.807) is 16.7 Å². The third-order valence-electron chi connectivity index (χ3n) is 5.86. The van der Waals surface area contributed by atoms with E-state index in [2.05, 4.69) is 5.32 Å². The van der Waals surface area contributed by atoms with Crippen LogP contribution in [-0.2, 0) is 6.54 Å². The zero-order valence-electron chi connectivity index (χ0n) is 18.2. The summed E-state index contributed by atoms with van der Waals surface area (Å²) in [6, 6.07) is 21.6. The van der Waals surface area contributed by atoms with Gasteiger partial charge >= 0.3 is 0 Å². The van der Waals surface area contributed by atoms with Gasteiger partial charge in [0.2, 0.25) is 5.88 Å². The number of rotatable bonds is 5. The van der Waals surface area contributed by atoms with Crippen LogP contribution >= 0.6 is 0 Å². The molecule has 0 aliphatic carbocycles. The Kier molecular flexibility index (Phi) is 4.94. The van der Waals surface area contributed by atoms with Gasteiger partial charge < -0.3 is 14.3 Å². The molecule has 0 aliphatic heterocycles. The summed E-state index contributed by atoms with van der Waals surface area (Å²) in [4.78, 5) is 24.7. The second-order valence-corrected chi connectivity index (χ2v) is 7.82. The highest BCUT2D eigenvalue weighted by molar-refractivity contribution is 6.11. The van der Waals surface area contributed by atoms with E-state index in [0.29, 0.717) is 34.5 Å². The SMILES string of the molecule is CCn1c(=O)c2c(-c3cccc([N+](=O)[O-])c3)c(Nc3ccccc3C)oc2c2ccccc21. The molecule has 7 heteroatoms. The Morgan fingerprint density at radius 2 is 1.79 bits per heavy atom. The van der Waals surface area contributed by atoms with Gasteiger partial charge in [-0.3, -0.25) is 14.9 Å². The molecule has 0 bridgehead atoms. The molecule has 33 heavy (non-hydrogen) atoms. The van der Waals surface area contributed by atoms with Gasteiger partial charge in [0.1, 0.15) is 0 Å². The zero-order valence-corrected chi connectivity index (χ0v) is 18.2. The van der Waals surface area contributed by atoms with Gasteiger partial charge in [-0.05, 0) is 43.2 Å². The summed E-state index contributed by atoms with van der Waals surface area (Å²) in [6.07, 6.45) is 0. The van der Waals surface area contributed by atoms with E-state index < -0.39 is 4.92 Å². The van der Waals surface area contributed by atoms with Crippen molar-refractivity contribution in [3.63, 3.8) is 0 Å². The Bertz CT molecular complexity index is 1600. The predicted octanol–water partition coefficient (Wildman–Crippen LogP) is 6.39. The zero-order chi connectivity index (χ0) is 23.1. The highest BCUT2D eigenvalue weighted by atomic mass is 16.6. The number of para-hydroxylation sites is 2. The number of aromatic nitrogens is 1. The molecule has 0 amide bonds. The van der Waals surface area contributed by atoms with Crippen molar-refractivity contribution in [1.29, 1.82) is 0 Å². The summed E-state index contributed by atoms with van der Waals surface area (Å²) >= 11 is 0. The second kappa shape index (κ2) is 7.94. The largest absolute Gasteiger partial charge is 0.439 e. The summed E-state index contributed by atoms with van der Waals surface area (Å²) in [5.74, 6) is 0.371. The standard InChI is InChI=1S/C26H21N3O4/c1-3-28-21-14-7-5-12-19(21)24-23(26(28)30)22(17-10-8-11-18(15-17)29(31)32)25(33-24)27-20-13-6-4-9-16(20)2/h4-15,27H,3H2,1-2H3. The van der Waals surface area contributed by atoms with Gasteiger partial charge in [-0.2, -0.15) is 0 Å². The van der Waals surface area contributed by atoms with Crippen molar-refractivity contribution in [3.05, 3.63) is 98.8 Å². The number of hydrogen-bond donors (Lipinski definition) is 1. The minimum Gasteiger partial charge on any atom is -0.439 e. The van der Waals surface area contributed by atoms with Crippen molar-refractivity contribution < 1.29 is 9.34 Å². The van der Waals surface area contributed by atoms with Gasteiger partial charge in [0.25, 0.3) is 11.2 Å². The summed E-state index contributed by atoms with van der Waals surface area (Å²) in [5, 5.41) is 16.0. The number of furan rings is 1. The van der Waals surface area contributed by atoms with E-state index in [1.165, 1.54) is 12.1 Å². The number of hydrogen-bond acceptors (Lipinski definition) is 5. The number of fused-ring (bicyclic) bond motifs is 3. The Balaban J connectivity index is 1.90. The van der Waals surface area contributed by atoms with Crippen LogP contribution in [0.3, 0.4) is 0 Å². The van der Waals surface area contributed by atoms with E-state index in [1.807, 2.05) is 62.4 Å². The Labute approximate surface area is 189 Å². The molecule has 1 N–H and O–H groups in total. The maximum Gasteiger partial charge on any atom is 0.270 e. The van der Waals surface area contributed by atoms with Crippen LogP contribution in [-0.4, -0.2) is 9.49 Å². The fourth-order valence-corrected chi connectivity index (χ4v) is 4.26. The fraction of sp³-hybridized carbons (Fsp3) is 0.115. The van der Waals surface area contributed by atoms with Gasteiger partial charge in [-0.15, -0.1) is 0 Å². The molecule has 0 aliphatic rings. The number of anilines is 2. The first kappa shape index (κ1) is 20.5. The molecule has 0 spiro atoms. The van der Waals surface area contributed by atoms with Crippen LogP contribution in [0.25, 0.3) is 33.0 Å². The van der Waals surface area contributed by atoms with Gasteiger partial charge in [0.15, 0.2) is 5.58 Å². The number of nitrogens with one attached hydrogen (secondary N) is 1. The van der Waals surface area contributed by atoms with Crippen molar-refractivity contribution in [2.24, 2.45) is 0 Å². The number of benzene rings is 3. The summed E-state index contributed by atoms with van der Waals surface area (Å²) < 4.78 is 8.01. The van der Waals surface area contributed by atoms with E-state index in [4.69, 9.17) is 4.42 Å². The number of nitrogens with zero attached hydrogens (tertiary/aromatic N) is 2. The quantitative estimate of drug-likeness (QED) is 0.253. The van der Waals surface area contributed by atoms with Crippen LogP contribution in [0.15, 0.2) is 82.0 Å². The molecular weight excluding hydrogens is 418 g/mol. The minimum atomic E-state index is -0.444. The lowest BCUT2D eigenvalue weighted by Crippen LogP contribution is -2.19. The summed E-state index contributed by atoms with van der Waals surface area (Å²) in [7, 11) is 0. The van der Waals surface area contributed by atoms with Crippen LogP contribution in [0.1, 0.15) is 12.5 Å². The predicted molar refractivity (Wildman–Crippen MR) is 130 cm³/mol.